The Balaban J connectivity index is 1.51. The van der Waals surface area contributed by atoms with Crippen molar-refractivity contribution < 1.29 is 4.79 Å². The van der Waals surface area contributed by atoms with Crippen LogP contribution in [0.25, 0.3) is 5.69 Å². The summed E-state index contributed by atoms with van der Waals surface area (Å²) in [5.74, 6) is 1.63. The lowest BCUT2D eigenvalue weighted by Crippen LogP contribution is -2.56. The van der Waals surface area contributed by atoms with Crippen molar-refractivity contribution in [1.82, 2.24) is 25.1 Å². The van der Waals surface area contributed by atoms with E-state index in [9.17, 15) is 4.79 Å². The van der Waals surface area contributed by atoms with E-state index in [1.807, 2.05) is 35.0 Å². The summed E-state index contributed by atoms with van der Waals surface area (Å²) in [6, 6.07) is 10.4. The standard InChI is InChI=1S/C19H26N6O/c1-2-3-12-24-17-11-13-23(14-15(17)9-10-18(24)26)19-20-21-22-25(19)16-7-5-4-6-8-16/h4-8,15,17H,2-3,9-14H2,1H3/t15-,17+/m1/s1. The molecule has 2 aliphatic rings. The molecule has 1 aromatic carbocycles. The zero-order chi connectivity index (χ0) is 17.9. The average molecular weight is 354 g/mol. The van der Waals surface area contributed by atoms with Gasteiger partial charge >= 0.3 is 0 Å². The second kappa shape index (κ2) is 7.43. The lowest BCUT2D eigenvalue weighted by Gasteiger charge is -2.47. The number of aromatic nitrogens is 4. The minimum atomic E-state index is 0.335. The molecule has 2 fully saturated rings. The van der Waals surface area contributed by atoms with E-state index in [2.05, 4.69) is 32.2 Å². The molecule has 0 N–H and O–H groups in total. The first-order valence-corrected chi connectivity index (χ1v) is 9.66. The molecule has 2 saturated heterocycles. The number of unbranched alkanes of at least 4 members (excludes halogenated alkanes) is 1. The molecule has 1 amide bonds. The van der Waals surface area contributed by atoms with Crippen LogP contribution in [-0.4, -0.2) is 56.7 Å². The minimum absolute atomic E-state index is 0.335. The van der Waals surface area contributed by atoms with Crippen molar-refractivity contribution in [2.45, 2.75) is 45.1 Å². The van der Waals surface area contributed by atoms with Crippen LogP contribution >= 0.6 is 0 Å². The third-order valence-electron chi connectivity index (χ3n) is 5.63. The molecule has 0 spiro atoms. The third-order valence-corrected chi connectivity index (χ3v) is 5.63. The molecule has 7 nitrogen and oxygen atoms in total. The van der Waals surface area contributed by atoms with E-state index in [0.29, 0.717) is 24.3 Å². The smallest absolute Gasteiger partial charge is 0.250 e. The maximum absolute atomic E-state index is 12.4. The first-order valence-electron chi connectivity index (χ1n) is 9.66. The van der Waals surface area contributed by atoms with Crippen molar-refractivity contribution in [1.29, 1.82) is 0 Å². The molecule has 26 heavy (non-hydrogen) atoms. The number of anilines is 1. The number of rotatable bonds is 5. The van der Waals surface area contributed by atoms with Gasteiger partial charge in [0.15, 0.2) is 0 Å². The molecule has 1 aromatic heterocycles. The lowest BCUT2D eigenvalue weighted by molar-refractivity contribution is -0.139. The number of likely N-dealkylation sites (tertiary alicyclic amines) is 1. The highest BCUT2D eigenvalue weighted by Gasteiger charge is 2.39. The second-order valence-electron chi connectivity index (χ2n) is 7.27. The summed E-state index contributed by atoms with van der Waals surface area (Å²) in [7, 11) is 0. The average Bonchev–Trinajstić information content (AvgIpc) is 3.17. The van der Waals surface area contributed by atoms with Crippen molar-refractivity contribution in [3.8, 4) is 5.69 Å². The minimum Gasteiger partial charge on any atom is -0.339 e. The Morgan fingerprint density at radius 3 is 2.85 bits per heavy atom. The van der Waals surface area contributed by atoms with Crippen molar-refractivity contribution in [2.75, 3.05) is 24.5 Å². The molecule has 2 aliphatic heterocycles. The fourth-order valence-corrected chi connectivity index (χ4v) is 4.27. The number of benzene rings is 1. The largest absolute Gasteiger partial charge is 0.339 e. The Labute approximate surface area is 154 Å². The van der Waals surface area contributed by atoms with Gasteiger partial charge in [-0.05, 0) is 47.7 Å². The van der Waals surface area contributed by atoms with E-state index in [4.69, 9.17) is 0 Å². The quantitative estimate of drug-likeness (QED) is 0.824. The molecule has 3 heterocycles. The highest BCUT2D eigenvalue weighted by Crippen LogP contribution is 2.33. The van der Waals surface area contributed by atoms with E-state index in [1.54, 1.807) is 0 Å². The topological polar surface area (TPSA) is 67.2 Å². The summed E-state index contributed by atoms with van der Waals surface area (Å²) < 4.78 is 1.81. The van der Waals surface area contributed by atoms with Crippen LogP contribution in [0.1, 0.15) is 39.0 Å². The highest BCUT2D eigenvalue weighted by atomic mass is 16.2. The van der Waals surface area contributed by atoms with E-state index in [0.717, 1.165) is 57.0 Å². The monoisotopic (exact) mass is 354 g/mol. The summed E-state index contributed by atoms with van der Waals surface area (Å²) in [5.41, 5.74) is 0.970. The number of carbonyl (C=O) groups excluding carboxylic acids is 1. The van der Waals surface area contributed by atoms with Crippen LogP contribution in [0.2, 0.25) is 0 Å². The zero-order valence-electron chi connectivity index (χ0n) is 15.3. The molecule has 0 saturated carbocycles. The molecular weight excluding hydrogens is 328 g/mol. The Kier molecular flexibility index (Phi) is 4.86. The molecule has 0 unspecified atom stereocenters. The van der Waals surface area contributed by atoms with Crippen LogP contribution < -0.4 is 4.90 Å². The van der Waals surface area contributed by atoms with Crippen molar-refractivity contribution in [2.24, 2.45) is 5.92 Å². The summed E-state index contributed by atoms with van der Waals surface area (Å²) >= 11 is 0. The molecule has 2 aromatic rings. The van der Waals surface area contributed by atoms with E-state index in [1.165, 1.54) is 0 Å². The number of piperidine rings is 2. The maximum Gasteiger partial charge on any atom is 0.250 e. The van der Waals surface area contributed by atoms with Crippen molar-refractivity contribution in [3.63, 3.8) is 0 Å². The molecule has 0 bridgehead atoms. The van der Waals surface area contributed by atoms with Gasteiger partial charge in [-0.15, -0.1) is 0 Å². The Morgan fingerprint density at radius 1 is 1.19 bits per heavy atom. The Bertz CT molecular complexity index is 745. The van der Waals surface area contributed by atoms with Gasteiger partial charge < -0.3 is 9.80 Å². The normalized spacial score (nSPS) is 23.2. The van der Waals surface area contributed by atoms with Gasteiger partial charge in [-0.1, -0.05) is 36.6 Å². The van der Waals surface area contributed by atoms with Crippen LogP contribution in [-0.2, 0) is 4.79 Å². The van der Waals surface area contributed by atoms with Gasteiger partial charge in [-0.2, -0.15) is 4.68 Å². The van der Waals surface area contributed by atoms with Crippen LogP contribution in [0.15, 0.2) is 30.3 Å². The van der Waals surface area contributed by atoms with Crippen LogP contribution in [0, 0.1) is 5.92 Å². The zero-order valence-corrected chi connectivity index (χ0v) is 15.3. The van der Waals surface area contributed by atoms with Crippen LogP contribution in [0.5, 0.6) is 0 Å². The number of carbonyl (C=O) groups is 1. The fourth-order valence-electron chi connectivity index (χ4n) is 4.27. The summed E-state index contributed by atoms with van der Waals surface area (Å²) in [6.07, 6.45) is 4.84. The predicted octanol–water partition coefficient (Wildman–Crippen LogP) is 2.28. The van der Waals surface area contributed by atoms with Gasteiger partial charge in [-0.25, -0.2) is 0 Å². The van der Waals surface area contributed by atoms with Crippen LogP contribution in [0.3, 0.4) is 0 Å². The SMILES string of the molecule is CCCCN1C(=O)CC[C@@H]2CN(c3nnnn3-c3ccccc3)CC[C@@H]21. The number of tetrazole rings is 1. The molecule has 2 atom stereocenters. The molecule has 4 rings (SSSR count). The molecule has 138 valence electrons. The predicted molar refractivity (Wildman–Crippen MR) is 99.1 cm³/mol. The number of para-hydroxylation sites is 1. The highest BCUT2D eigenvalue weighted by molar-refractivity contribution is 5.77. The number of hydrogen-bond donors (Lipinski definition) is 0. The van der Waals surface area contributed by atoms with Crippen molar-refractivity contribution in [3.05, 3.63) is 30.3 Å². The van der Waals surface area contributed by atoms with Gasteiger partial charge in [0, 0.05) is 32.1 Å². The maximum atomic E-state index is 12.4. The Hall–Kier alpha value is -2.44. The number of hydrogen-bond acceptors (Lipinski definition) is 5. The van der Waals surface area contributed by atoms with Crippen molar-refractivity contribution >= 4 is 11.9 Å². The first-order chi connectivity index (χ1) is 12.8. The van der Waals surface area contributed by atoms with Gasteiger partial charge in [0.05, 0.1) is 5.69 Å². The second-order valence-corrected chi connectivity index (χ2v) is 7.27. The van der Waals surface area contributed by atoms with E-state index in [-0.39, 0.29) is 0 Å². The number of nitrogens with zero attached hydrogens (tertiary/aromatic N) is 6. The van der Waals surface area contributed by atoms with Crippen LogP contribution in [0.4, 0.5) is 5.95 Å². The number of fused-ring (bicyclic) bond motifs is 1. The molecular formula is C19H26N6O. The fraction of sp³-hybridized carbons (Fsp3) is 0.579. The van der Waals surface area contributed by atoms with Gasteiger partial charge in [-0.3, -0.25) is 4.79 Å². The molecule has 0 aliphatic carbocycles. The lowest BCUT2D eigenvalue weighted by atomic mass is 9.83. The third kappa shape index (κ3) is 3.18. The van der Waals surface area contributed by atoms with Gasteiger partial charge in [0.1, 0.15) is 0 Å². The molecule has 0 radical (unpaired) electrons. The van der Waals surface area contributed by atoms with Gasteiger partial charge in [0.2, 0.25) is 11.9 Å². The first kappa shape index (κ1) is 17.0. The summed E-state index contributed by atoms with van der Waals surface area (Å²) in [5, 5.41) is 12.4. The Morgan fingerprint density at radius 2 is 2.04 bits per heavy atom. The summed E-state index contributed by atoms with van der Waals surface area (Å²) in [4.78, 5) is 16.8. The summed E-state index contributed by atoms with van der Waals surface area (Å²) in [6.45, 7) is 4.87. The van der Waals surface area contributed by atoms with E-state index < -0.39 is 0 Å². The van der Waals surface area contributed by atoms with E-state index >= 15 is 0 Å². The van der Waals surface area contributed by atoms with Gasteiger partial charge in [0.25, 0.3) is 0 Å². The number of amides is 1. The molecule has 7 heteroatoms.